The van der Waals surface area contributed by atoms with Gasteiger partial charge in [-0.1, -0.05) is 60.7 Å². The van der Waals surface area contributed by atoms with E-state index in [4.69, 9.17) is 0 Å². The van der Waals surface area contributed by atoms with Crippen LogP contribution in [0.15, 0.2) is 102 Å². The quantitative estimate of drug-likeness (QED) is 0.344. The highest BCUT2D eigenvalue weighted by Crippen LogP contribution is 2.20. The van der Waals surface area contributed by atoms with Crippen molar-refractivity contribution in [2.24, 2.45) is 0 Å². The molecule has 0 unspecified atom stereocenters. The number of rotatable bonds is 8. The third-order valence-electron chi connectivity index (χ3n) is 5.40. The van der Waals surface area contributed by atoms with Crippen molar-refractivity contribution in [1.29, 1.82) is 0 Å². The standard InChI is InChI=1S/C27H25N3O4S/c1-19(31)28-23-12-14-24(15-13-23)29-27(32)26(17-20-7-3-2-4-8-20)30-35(33,34)25-16-11-21-9-5-6-10-22(21)18-25/h2-16,18,26,30H,17H2,1H3,(H,28,31)(H,29,32)/t26-/m0/s1. The molecule has 0 radical (unpaired) electrons. The molecular weight excluding hydrogens is 462 g/mol. The first kappa shape index (κ1) is 24.1. The topological polar surface area (TPSA) is 104 Å². The van der Waals surface area contributed by atoms with Gasteiger partial charge in [-0.25, -0.2) is 8.42 Å². The lowest BCUT2D eigenvalue weighted by atomic mass is 10.1. The largest absolute Gasteiger partial charge is 0.326 e. The van der Waals surface area contributed by atoms with E-state index >= 15 is 0 Å². The van der Waals surface area contributed by atoms with Crippen molar-refractivity contribution in [2.45, 2.75) is 24.3 Å². The molecule has 0 bridgehead atoms. The summed E-state index contributed by atoms with van der Waals surface area (Å²) in [5, 5.41) is 7.14. The average molecular weight is 488 g/mol. The Morgan fingerprint density at radius 2 is 1.34 bits per heavy atom. The minimum atomic E-state index is -3.99. The van der Waals surface area contributed by atoms with E-state index in [-0.39, 0.29) is 17.2 Å². The van der Waals surface area contributed by atoms with Gasteiger partial charge in [0.25, 0.3) is 0 Å². The van der Waals surface area contributed by atoms with Crippen LogP contribution in [0.4, 0.5) is 11.4 Å². The smallest absolute Gasteiger partial charge is 0.242 e. The zero-order valence-electron chi connectivity index (χ0n) is 19.1. The van der Waals surface area contributed by atoms with Crippen molar-refractivity contribution in [3.8, 4) is 0 Å². The summed E-state index contributed by atoms with van der Waals surface area (Å²) >= 11 is 0. The van der Waals surface area contributed by atoms with Gasteiger partial charge in [-0.15, -0.1) is 0 Å². The summed E-state index contributed by atoms with van der Waals surface area (Å²) < 4.78 is 29.1. The normalized spacial score (nSPS) is 12.1. The molecule has 178 valence electrons. The van der Waals surface area contributed by atoms with E-state index in [1.165, 1.54) is 13.0 Å². The third kappa shape index (κ3) is 6.32. The zero-order chi connectivity index (χ0) is 24.8. The SMILES string of the molecule is CC(=O)Nc1ccc(NC(=O)[C@H](Cc2ccccc2)NS(=O)(=O)c2ccc3ccccc3c2)cc1. The van der Waals surface area contributed by atoms with Crippen molar-refractivity contribution < 1.29 is 18.0 Å². The van der Waals surface area contributed by atoms with Crippen LogP contribution in [0.25, 0.3) is 10.8 Å². The van der Waals surface area contributed by atoms with Crippen LogP contribution in [-0.2, 0) is 26.0 Å². The highest BCUT2D eigenvalue weighted by molar-refractivity contribution is 7.89. The number of benzene rings is 4. The van der Waals surface area contributed by atoms with E-state index in [1.807, 2.05) is 54.6 Å². The maximum atomic E-state index is 13.2. The van der Waals surface area contributed by atoms with E-state index in [0.717, 1.165) is 16.3 Å². The van der Waals surface area contributed by atoms with Gasteiger partial charge in [0.15, 0.2) is 0 Å². The fourth-order valence-corrected chi connectivity index (χ4v) is 4.93. The molecule has 0 aliphatic carbocycles. The van der Waals surface area contributed by atoms with Gasteiger partial charge in [-0.3, -0.25) is 9.59 Å². The molecule has 4 aromatic rings. The minimum absolute atomic E-state index is 0.0849. The Hall–Kier alpha value is -4.01. The van der Waals surface area contributed by atoms with Gasteiger partial charge >= 0.3 is 0 Å². The van der Waals surface area contributed by atoms with Gasteiger partial charge in [0, 0.05) is 18.3 Å². The van der Waals surface area contributed by atoms with Gasteiger partial charge < -0.3 is 10.6 Å². The number of hydrogen-bond donors (Lipinski definition) is 3. The van der Waals surface area contributed by atoms with Crippen molar-refractivity contribution >= 4 is 44.0 Å². The van der Waals surface area contributed by atoms with Crippen LogP contribution in [0.5, 0.6) is 0 Å². The van der Waals surface area contributed by atoms with Crippen LogP contribution in [0.3, 0.4) is 0 Å². The Morgan fingerprint density at radius 3 is 2.00 bits per heavy atom. The van der Waals surface area contributed by atoms with Crippen molar-refractivity contribution in [1.82, 2.24) is 4.72 Å². The molecule has 0 saturated carbocycles. The molecular formula is C27H25N3O4S. The summed E-state index contributed by atoms with van der Waals surface area (Å²) in [6, 6.07) is 27.1. The van der Waals surface area contributed by atoms with Gasteiger partial charge in [0.05, 0.1) is 4.90 Å². The van der Waals surface area contributed by atoms with Crippen LogP contribution in [0.2, 0.25) is 0 Å². The molecule has 0 saturated heterocycles. The number of nitrogens with one attached hydrogen (secondary N) is 3. The van der Waals surface area contributed by atoms with Gasteiger partial charge in [-0.2, -0.15) is 4.72 Å². The van der Waals surface area contributed by atoms with Crippen molar-refractivity contribution in [3.05, 3.63) is 103 Å². The summed E-state index contributed by atoms with van der Waals surface area (Å²) in [7, 11) is -3.99. The number of amides is 2. The van der Waals surface area contributed by atoms with Gasteiger partial charge in [0.1, 0.15) is 6.04 Å². The van der Waals surface area contributed by atoms with Crippen LogP contribution >= 0.6 is 0 Å². The fourth-order valence-electron chi connectivity index (χ4n) is 3.70. The summed E-state index contributed by atoms with van der Waals surface area (Å²) in [5.74, 6) is -0.696. The van der Waals surface area contributed by atoms with Crippen molar-refractivity contribution in [3.63, 3.8) is 0 Å². The second-order valence-electron chi connectivity index (χ2n) is 8.12. The molecule has 4 rings (SSSR count). The molecule has 0 aliphatic heterocycles. The van der Waals surface area contributed by atoms with Crippen LogP contribution in [-0.4, -0.2) is 26.3 Å². The van der Waals surface area contributed by atoms with Crippen molar-refractivity contribution in [2.75, 3.05) is 10.6 Å². The molecule has 4 aromatic carbocycles. The molecule has 2 amide bonds. The molecule has 3 N–H and O–H groups in total. The Morgan fingerprint density at radius 1 is 0.743 bits per heavy atom. The van der Waals surface area contributed by atoms with E-state index in [1.54, 1.807) is 36.4 Å². The third-order valence-corrected chi connectivity index (χ3v) is 6.87. The fraction of sp³-hybridized carbons (Fsp3) is 0.111. The number of sulfonamides is 1. The molecule has 7 nitrogen and oxygen atoms in total. The highest BCUT2D eigenvalue weighted by atomic mass is 32.2. The second kappa shape index (κ2) is 10.5. The maximum Gasteiger partial charge on any atom is 0.242 e. The van der Waals surface area contributed by atoms with Gasteiger partial charge in [-0.05, 0) is 59.2 Å². The number of fused-ring (bicyclic) bond motifs is 1. The predicted molar refractivity (Wildman–Crippen MR) is 138 cm³/mol. The molecule has 0 aliphatic rings. The van der Waals surface area contributed by atoms with Gasteiger partial charge in [0.2, 0.25) is 21.8 Å². The molecule has 0 aromatic heterocycles. The molecule has 35 heavy (non-hydrogen) atoms. The lowest BCUT2D eigenvalue weighted by Crippen LogP contribution is -2.45. The Balaban J connectivity index is 1.57. The molecule has 0 spiro atoms. The summed E-state index contributed by atoms with van der Waals surface area (Å²) in [6.07, 6.45) is 0.170. The number of anilines is 2. The lowest BCUT2D eigenvalue weighted by molar-refractivity contribution is -0.117. The lowest BCUT2D eigenvalue weighted by Gasteiger charge is -2.19. The minimum Gasteiger partial charge on any atom is -0.326 e. The average Bonchev–Trinajstić information content (AvgIpc) is 2.84. The summed E-state index contributed by atoms with van der Waals surface area (Å²) in [5.41, 5.74) is 1.88. The van der Waals surface area contributed by atoms with E-state index in [0.29, 0.717) is 11.4 Å². The molecule has 1 atom stereocenters. The first-order chi connectivity index (χ1) is 16.8. The zero-order valence-corrected chi connectivity index (χ0v) is 19.9. The summed E-state index contributed by atoms with van der Waals surface area (Å²) in [4.78, 5) is 24.5. The number of carbonyl (C=O) groups is 2. The summed E-state index contributed by atoms with van der Waals surface area (Å²) in [6.45, 7) is 1.41. The first-order valence-corrected chi connectivity index (χ1v) is 12.5. The van der Waals surface area contributed by atoms with Crippen LogP contribution in [0, 0.1) is 0 Å². The Bertz CT molecular complexity index is 1450. The number of carbonyl (C=O) groups excluding carboxylic acids is 2. The van der Waals surface area contributed by atoms with Crippen LogP contribution in [0.1, 0.15) is 12.5 Å². The Kier molecular flexibility index (Phi) is 7.24. The Labute approximate surface area is 204 Å². The number of hydrogen-bond acceptors (Lipinski definition) is 4. The van der Waals surface area contributed by atoms with E-state index in [2.05, 4.69) is 15.4 Å². The molecule has 0 fully saturated rings. The highest BCUT2D eigenvalue weighted by Gasteiger charge is 2.26. The first-order valence-electron chi connectivity index (χ1n) is 11.0. The monoisotopic (exact) mass is 487 g/mol. The van der Waals surface area contributed by atoms with Crippen LogP contribution < -0.4 is 15.4 Å². The predicted octanol–water partition coefficient (Wildman–Crippen LogP) is 4.33. The van der Waals surface area contributed by atoms with E-state index < -0.39 is 22.0 Å². The van der Waals surface area contributed by atoms with E-state index in [9.17, 15) is 18.0 Å². The second-order valence-corrected chi connectivity index (χ2v) is 9.83. The maximum absolute atomic E-state index is 13.2. The molecule has 0 heterocycles. The molecule has 8 heteroatoms.